The zero-order chi connectivity index (χ0) is 13.5. The van der Waals surface area contributed by atoms with Crippen molar-refractivity contribution >= 4 is 11.8 Å². The van der Waals surface area contributed by atoms with Gasteiger partial charge in [0, 0.05) is 26.7 Å². The standard InChI is InChI=1S/C12H23N3O3/c1-9(12(17)13-6-7-18-3)14-8-11(16)15(2)10-4-5-10/h9-10,14H,4-8H2,1-3H3,(H,13,17). The molecule has 2 amide bonds. The third kappa shape index (κ3) is 5.01. The second-order valence-electron chi connectivity index (χ2n) is 4.62. The summed E-state index contributed by atoms with van der Waals surface area (Å²) in [7, 11) is 3.39. The molecule has 18 heavy (non-hydrogen) atoms. The van der Waals surface area contributed by atoms with Crippen LogP contribution in [0.4, 0.5) is 0 Å². The van der Waals surface area contributed by atoms with Gasteiger partial charge in [-0.25, -0.2) is 0 Å². The molecule has 104 valence electrons. The van der Waals surface area contributed by atoms with E-state index in [-0.39, 0.29) is 24.4 Å². The monoisotopic (exact) mass is 257 g/mol. The molecule has 1 atom stereocenters. The molecule has 1 saturated carbocycles. The summed E-state index contributed by atoms with van der Waals surface area (Å²) >= 11 is 0. The molecular formula is C12H23N3O3. The molecule has 0 radical (unpaired) electrons. The molecular weight excluding hydrogens is 234 g/mol. The molecule has 1 aliphatic carbocycles. The molecule has 6 nitrogen and oxygen atoms in total. The third-order valence-corrected chi connectivity index (χ3v) is 3.05. The Morgan fingerprint density at radius 2 is 2.11 bits per heavy atom. The number of nitrogens with one attached hydrogen (secondary N) is 2. The van der Waals surface area contributed by atoms with E-state index in [1.807, 2.05) is 7.05 Å². The molecule has 0 saturated heterocycles. The molecule has 0 aliphatic heterocycles. The van der Waals surface area contributed by atoms with Crippen LogP contribution in [0.15, 0.2) is 0 Å². The summed E-state index contributed by atoms with van der Waals surface area (Å²) < 4.78 is 4.84. The van der Waals surface area contributed by atoms with E-state index in [4.69, 9.17) is 4.74 Å². The quantitative estimate of drug-likeness (QED) is 0.567. The lowest BCUT2D eigenvalue weighted by Gasteiger charge is -2.18. The first kappa shape index (κ1) is 14.9. The van der Waals surface area contributed by atoms with Crippen LogP contribution in [0.1, 0.15) is 19.8 Å². The van der Waals surface area contributed by atoms with Gasteiger partial charge in [0.05, 0.1) is 19.2 Å². The summed E-state index contributed by atoms with van der Waals surface area (Å²) in [5, 5.41) is 5.65. The topological polar surface area (TPSA) is 70.7 Å². The van der Waals surface area contributed by atoms with Crippen LogP contribution in [-0.2, 0) is 14.3 Å². The largest absolute Gasteiger partial charge is 0.383 e. The van der Waals surface area contributed by atoms with Crippen LogP contribution in [-0.4, -0.2) is 62.7 Å². The molecule has 0 spiro atoms. The van der Waals surface area contributed by atoms with Crippen LogP contribution in [0, 0.1) is 0 Å². The van der Waals surface area contributed by atoms with E-state index >= 15 is 0 Å². The van der Waals surface area contributed by atoms with Gasteiger partial charge in [0.15, 0.2) is 0 Å². The molecule has 0 aromatic heterocycles. The predicted octanol–water partition coefficient (Wildman–Crippen LogP) is -0.652. The van der Waals surface area contributed by atoms with Crippen LogP contribution in [0.2, 0.25) is 0 Å². The fourth-order valence-electron chi connectivity index (χ4n) is 1.55. The van der Waals surface area contributed by atoms with Crippen LogP contribution < -0.4 is 10.6 Å². The number of rotatable bonds is 8. The number of amides is 2. The van der Waals surface area contributed by atoms with Crippen LogP contribution >= 0.6 is 0 Å². The van der Waals surface area contributed by atoms with Crippen molar-refractivity contribution in [3.8, 4) is 0 Å². The number of likely N-dealkylation sites (N-methyl/N-ethyl adjacent to an activating group) is 1. The maximum Gasteiger partial charge on any atom is 0.236 e. The Hall–Kier alpha value is -1.14. The van der Waals surface area contributed by atoms with Crippen molar-refractivity contribution in [1.29, 1.82) is 0 Å². The Balaban J connectivity index is 2.16. The van der Waals surface area contributed by atoms with Crippen molar-refractivity contribution in [2.45, 2.75) is 31.8 Å². The summed E-state index contributed by atoms with van der Waals surface area (Å²) in [5.74, 6) is -0.0806. The molecule has 1 aliphatic rings. The Kier molecular flexibility index (Phi) is 6.07. The lowest BCUT2D eigenvalue weighted by molar-refractivity contribution is -0.129. The molecule has 0 aromatic rings. The summed E-state index contributed by atoms with van der Waals surface area (Å²) in [6.07, 6.45) is 2.19. The molecule has 2 N–H and O–H groups in total. The van der Waals surface area contributed by atoms with Crippen molar-refractivity contribution in [3.63, 3.8) is 0 Å². The van der Waals surface area contributed by atoms with Gasteiger partial charge >= 0.3 is 0 Å². The Bertz CT molecular complexity index is 292. The molecule has 0 aromatic carbocycles. The first-order valence-corrected chi connectivity index (χ1v) is 6.32. The van der Waals surface area contributed by atoms with Gasteiger partial charge in [-0.2, -0.15) is 0 Å². The molecule has 0 bridgehead atoms. The number of hydrogen-bond acceptors (Lipinski definition) is 4. The SMILES string of the molecule is COCCNC(=O)C(C)NCC(=O)N(C)C1CC1. The van der Waals surface area contributed by atoms with Gasteiger partial charge in [-0.15, -0.1) is 0 Å². The zero-order valence-electron chi connectivity index (χ0n) is 11.4. The van der Waals surface area contributed by atoms with Crippen molar-refractivity contribution in [2.75, 3.05) is 33.9 Å². The van der Waals surface area contributed by atoms with Gasteiger partial charge in [0.1, 0.15) is 0 Å². The lowest BCUT2D eigenvalue weighted by Crippen LogP contribution is -2.47. The number of ether oxygens (including phenoxy) is 1. The second kappa shape index (κ2) is 7.33. The highest BCUT2D eigenvalue weighted by Crippen LogP contribution is 2.24. The average Bonchev–Trinajstić information content (AvgIpc) is 3.18. The maximum atomic E-state index is 11.7. The highest BCUT2D eigenvalue weighted by molar-refractivity contribution is 5.83. The first-order chi connectivity index (χ1) is 8.56. The Morgan fingerprint density at radius 1 is 1.44 bits per heavy atom. The van der Waals surface area contributed by atoms with Crippen molar-refractivity contribution in [2.24, 2.45) is 0 Å². The number of carbonyl (C=O) groups is 2. The normalized spacial score (nSPS) is 16.2. The molecule has 6 heteroatoms. The van der Waals surface area contributed by atoms with Crippen molar-refractivity contribution in [3.05, 3.63) is 0 Å². The lowest BCUT2D eigenvalue weighted by atomic mass is 10.3. The number of hydrogen-bond donors (Lipinski definition) is 2. The van der Waals surface area contributed by atoms with E-state index in [0.717, 1.165) is 12.8 Å². The maximum absolute atomic E-state index is 11.7. The van der Waals surface area contributed by atoms with Crippen molar-refractivity contribution in [1.82, 2.24) is 15.5 Å². The second-order valence-corrected chi connectivity index (χ2v) is 4.62. The molecule has 1 fully saturated rings. The first-order valence-electron chi connectivity index (χ1n) is 6.32. The van der Waals surface area contributed by atoms with Gasteiger partial charge < -0.3 is 15.0 Å². The van der Waals surface area contributed by atoms with E-state index < -0.39 is 0 Å². The minimum Gasteiger partial charge on any atom is -0.383 e. The number of carbonyl (C=O) groups excluding carboxylic acids is 2. The van der Waals surface area contributed by atoms with E-state index in [9.17, 15) is 9.59 Å². The Morgan fingerprint density at radius 3 is 2.67 bits per heavy atom. The van der Waals surface area contributed by atoms with Gasteiger partial charge in [-0.3, -0.25) is 14.9 Å². The van der Waals surface area contributed by atoms with E-state index in [0.29, 0.717) is 19.2 Å². The summed E-state index contributed by atoms with van der Waals surface area (Å²) in [5.41, 5.74) is 0. The highest BCUT2D eigenvalue weighted by Gasteiger charge is 2.29. The van der Waals surface area contributed by atoms with Crippen molar-refractivity contribution < 1.29 is 14.3 Å². The smallest absolute Gasteiger partial charge is 0.236 e. The van der Waals surface area contributed by atoms with Gasteiger partial charge in [0.25, 0.3) is 0 Å². The molecule has 1 rings (SSSR count). The van der Waals surface area contributed by atoms with Gasteiger partial charge in [-0.05, 0) is 19.8 Å². The van der Waals surface area contributed by atoms with Gasteiger partial charge in [0.2, 0.25) is 11.8 Å². The summed E-state index contributed by atoms with van der Waals surface area (Å²) in [6, 6.07) is 0.0311. The fourth-order valence-corrected chi connectivity index (χ4v) is 1.55. The van der Waals surface area contributed by atoms with E-state index in [1.165, 1.54) is 0 Å². The van der Waals surface area contributed by atoms with E-state index in [1.54, 1.807) is 18.9 Å². The number of nitrogens with zero attached hydrogens (tertiary/aromatic N) is 1. The highest BCUT2D eigenvalue weighted by atomic mass is 16.5. The van der Waals surface area contributed by atoms with Crippen LogP contribution in [0.5, 0.6) is 0 Å². The fraction of sp³-hybridized carbons (Fsp3) is 0.833. The average molecular weight is 257 g/mol. The summed E-state index contributed by atoms with van der Waals surface area (Å²) in [6.45, 7) is 2.91. The predicted molar refractivity (Wildman–Crippen MR) is 68.1 cm³/mol. The Labute approximate surface area is 108 Å². The minimum absolute atomic E-state index is 0.0361. The van der Waals surface area contributed by atoms with Gasteiger partial charge in [-0.1, -0.05) is 0 Å². The van der Waals surface area contributed by atoms with Crippen LogP contribution in [0.25, 0.3) is 0 Å². The third-order valence-electron chi connectivity index (χ3n) is 3.05. The summed E-state index contributed by atoms with van der Waals surface area (Å²) in [4.78, 5) is 25.1. The molecule has 1 unspecified atom stereocenters. The minimum atomic E-state index is -0.376. The van der Waals surface area contributed by atoms with Crippen LogP contribution in [0.3, 0.4) is 0 Å². The zero-order valence-corrected chi connectivity index (χ0v) is 11.4. The van der Waals surface area contributed by atoms with E-state index in [2.05, 4.69) is 10.6 Å². The number of methoxy groups -OCH3 is 1. The molecule has 0 heterocycles.